The summed E-state index contributed by atoms with van der Waals surface area (Å²) in [7, 11) is 0. The molecule has 4 N–H and O–H groups in total. The largest absolute Gasteiger partial charge is 0.385 e. The van der Waals surface area contributed by atoms with Crippen molar-refractivity contribution < 1.29 is 4.79 Å². The zero-order valence-electron chi connectivity index (χ0n) is 10.00. The van der Waals surface area contributed by atoms with Crippen LogP contribution in [0.5, 0.6) is 0 Å². The molecule has 0 bridgehead atoms. The maximum Gasteiger partial charge on any atom is 0.249 e. The molecule has 3 rings (SSSR count). The van der Waals surface area contributed by atoms with Crippen LogP contribution in [-0.2, 0) is 11.3 Å². The van der Waals surface area contributed by atoms with Crippen molar-refractivity contribution in [1.82, 2.24) is 20.2 Å². The van der Waals surface area contributed by atoms with Crippen LogP contribution in [-0.4, -0.2) is 26.3 Å². The number of H-pyrrole nitrogens is 1. The van der Waals surface area contributed by atoms with Gasteiger partial charge in [-0.1, -0.05) is 12.1 Å². The molecule has 1 atom stereocenters. The Bertz CT molecular complexity index is 632. The first-order valence-electron chi connectivity index (χ1n) is 5.79. The third-order valence-electron chi connectivity index (χ3n) is 2.94. The molecule has 19 heavy (non-hydrogen) atoms. The summed E-state index contributed by atoms with van der Waals surface area (Å²) in [6.07, 6.45) is 1.34. The van der Waals surface area contributed by atoms with E-state index in [1.165, 1.54) is 6.08 Å². The highest BCUT2D eigenvalue weighted by Gasteiger charge is 2.23. The predicted molar refractivity (Wildman–Crippen MR) is 74.8 cm³/mol. The number of imidazole rings is 1. The lowest BCUT2D eigenvalue weighted by Crippen LogP contribution is -2.49. The molecule has 2 aromatic rings. The second kappa shape index (κ2) is 4.51. The Morgan fingerprint density at radius 3 is 2.95 bits per heavy atom. The van der Waals surface area contributed by atoms with Gasteiger partial charge in [-0.25, -0.2) is 4.98 Å². The normalized spacial score (nSPS) is 19.4. The van der Waals surface area contributed by atoms with Gasteiger partial charge in [0, 0.05) is 6.08 Å². The number of carbonyl (C=O) groups excluding carboxylic acids is 1. The summed E-state index contributed by atoms with van der Waals surface area (Å²) in [5, 5.41) is 2.67. The molecular weight excluding hydrogens is 262 g/mol. The summed E-state index contributed by atoms with van der Waals surface area (Å²) in [5.74, 6) is 0.912. The SMILES string of the molecule is NC1=CC(=O)NC(S)N1Cc1nc2ccccc2[nH]1. The number of amides is 1. The van der Waals surface area contributed by atoms with Gasteiger partial charge in [0.25, 0.3) is 0 Å². The minimum Gasteiger partial charge on any atom is -0.385 e. The molecule has 0 fully saturated rings. The number of nitrogens with one attached hydrogen (secondary N) is 2. The van der Waals surface area contributed by atoms with E-state index in [9.17, 15) is 4.79 Å². The Morgan fingerprint density at radius 2 is 2.21 bits per heavy atom. The summed E-state index contributed by atoms with van der Waals surface area (Å²) in [6.45, 7) is 0.450. The van der Waals surface area contributed by atoms with Gasteiger partial charge in [0.15, 0.2) is 0 Å². The number of hydrogen-bond donors (Lipinski definition) is 4. The molecule has 0 saturated heterocycles. The Labute approximate surface area is 115 Å². The quantitative estimate of drug-likeness (QED) is 0.601. The summed E-state index contributed by atoms with van der Waals surface area (Å²) >= 11 is 4.30. The Kier molecular flexibility index (Phi) is 2.83. The number of benzene rings is 1. The minimum absolute atomic E-state index is 0.238. The number of aromatic amines is 1. The first-order valence-corrected chi connectivity index (χ1v) is 6.31. The molecule has 1 amide bonds. The zero-order chi connectivity index (χ0) is 13.4. The van der Waals surface area contributed by atoms with Crippen molar-refractivity contribution >= 4 is 29.6 Å². The van der Waals surface area contributed by atoms with E-state index >= 15 is 0 Å². The van der Waals surface area contributed by atoms with Gasteiger partial charge in [0.05, 0.1) is 17.6 Å². The van der Waals surface area contributed by atoms with Gasteiger partial charge in [-0.3, -0.25) is 4.79 Å². The first kappa shape index (κ1) is 11.9. The van der Waals surface area contributed by atoms with Crippen LogP contribution in [0.2, 0.25) is 0 Å². The highest BCUT2D eigenvalue weighted by molar-refractivity contribution is 7.80. The molecule has 0 aliphatic carbocycles. The number of carbonyl (C=O) groups is 1. The number of aromatic nitrogens is 2. The van der Waals surface area contributed by atoms with Crippen LogP contribution in [0.4, 0.5) is 0 Å². The fourth-order valence-electron chi connectivity index (χ4n) is 2.02. The van der Waals surface area contributed by atoms with Crippen molar-refractivity contribution in [2.45, 2.75) is 12.0 Å². The van der Waals surface area contributed by atoms with E-state index in [0.29, 0.717) is 12.4 Å². The van der Waals surface area contributed by atoms with E-state index in [-0.39, 0.29) is 5.91 Å². The van der Waals surface area contributed by atoms with E-state index in [1.54, 1.807) is 4.90 Å². The van der Waals surface area contributed by atoms with Gasteiger partial charge >= 0.3 is 0 Å². The predicted octanol–water partition coefficient (Wildman–Crippen LogP) is 0.508. The summed E-state index contributed by atoms with van der Waals surface area (Å²) in [5.41, 5.74) is 7.25. The molecule has 6 nitrogen and oxygen atoms in total. The van der Waals surface area contributed by atoms with Gasteiger partial charge in [-0.2, -0.15) is 0 Å². The number of nitrogens with zero attached hydrogens (tertiary/aromatic N) is 2. The summed E-state index contributed by atoms with van der Waals surface area (Å²) < 4.78 is 0. The number of rotatable bonds is 2. The van der Waals surface area contributed by atoms with E-state index in [2.05, 4.69) is 27.9 Å². The zero-order valence-corrected chi connectivity index (χ0v) is 10.9. The van der Waals surface area contributed by atoms with Gasteiger partial charge in [0.1, 0.15) is 17.1 Å². The molecule has 7 heteroatoms. The van der Waals surface area contributed by atoms with Crippen molar-refractivity contribution in [3.05, 3.63) is 42.0 Å². The standard InChI is InChI=1S/C12H13N5OS/c13-9-5-11(18)16-12(19)17(9)6-10-14-7-3-1-2-4-8(7)15-10/h1-5,12,19H,6,13H2,(H,14,15)(H,16,18). The number of thiol groups is 1. The average molecular weight is 275 g/mol. The molecule has 0 spiro atoms. The van der Waals surface area contributed by atoms with Crippen LogP contribution < -0.4 is 11.1 Å². The Balaban J connectivity index is 1.88. The highest BCUT2D eigenvalue weighted by Crippen LogP contribution is 2.17. The number of hydrogen-bond acceptors (Lipinski definition) is 5. The second-order valence-electron chi connectivity index (χ2n) is 4.28. The molecule has 98 valence electrons. The maximum atomic E-state index is 11.3. The number of fused-ring (bicyclic) bond motifs is 1. The third-order valence-corrected chi connectivity index (χ3v) is 3.34. The van der Waals surface area contributed by atoms with Crippen LogP contribution in [0.15, 0.2) is 36.2 Å². The smallest absolute Gasteiger partial charge is 0.249 e. The van der Waals surface area contributed by atoms with Gasteiger partial charge in [-0.15, -0.1) is 12.6 Å². The van der Waals surface area contributed by atoms with Crippen LogP contribution in [0, 0.1) is 0 Å². The number of para-hydroxylation sites is 2. The number of nitrogens with two attached hydrogens (primary N) is 1. The molecule has 2 heterocycles. The molecule has 1 aliphatic heterocycles. The molecule has 1 unspecified atom stereocenters. The molecule has 0 saturated carbocycles. The van der Waals surface area contributed by atoms with Crippen LogP contribution >= 0.6 is 12.6 Å². The molecule has 1 aromatic carbocycles. The van der Waals surface area contributed by atoms with Crippen molar-refractivity contribution in [3.8, 4) is 0 Å². The van der Waals surface area contributed by atoms with Crippen LogP contribution in [0.3, 0.4) is 0 Å². The molecule has 1 aliphatic rings. The maximum absolute atomic E-state index is 11.3. The summed E-state index contributed by atoms with van der Waals surface area (Å²) in [4.78, 5) is 20.7. The molecular formula is C12H13N5OS. The lowest BCUT2D eigenvalue weighted by atomic mass is 10.3. The highest BCUT2D eigenvalue weighted by atomic mass is 32.1. The van der Waals surface area contributed by atoms with E-state index in [1.807, 2.05) is 24.3 Å². The van der Waals surface area contributed by atoms with Crippen molar-refractivity contribution in [2.24, 2.45) is 5.73 Å². The van der Waals surface area contributed by atoms with Crippen LogP contribution in [0.1, 0.15) is 5.82 Å². The molecule has 0 radical (unpaired) electrons. The van der Waals surface area contributed by atoms with Gasteiger partial charge in [0.2, 0.25) is 5.91 Å². The van der Waals surface area contributed by atoms with Gasteiger partial charge in [-0.05, 0) is 12.1 Å². The fourth-order valence-corrected chi connectivity index (χ4v) is 2.37. The Hall–Kier alpha value is -2.15. The van der Waals surface area contributed by atoms with Crippen molar-refractivity contribution in [1.29, 1.82) is 0 Å². The summed E-state index contributed by atoms with van der Waals surface area (Å²) in [6, 6.07) is 7.77. The van der Waals surface area contributed by atoms with Crippen LogP contribution in [0.25, 0.3) is 11.0 Å². The Morgan fingerprint density at radius 1 is 1.42 bits per heavy atom. The van der Waals surface area contributed by atoms with E-state index in [4.69, 9.17) is 5.73 Å². The average Bonchev–Trinajstić information content (AvgIpc) is 2.76. The first-order chi connectivity index (χ1) is 9.13. The lowest BCUT2D eigenvalue weighted by Gasteiger charge is -2.32. The van der Waals surface area contributed by atoms with Gasteiger partial charge < -0.3 is 20.9 Å². The van der Waals surface area contributed by atoms with Crippen molar-refractivity contribution in [3.63, 3.8) is 0 Å². The molecule has 1 aromatic heterocycles. The minimum atomic E-state index is -0.453. The van der Waals surface area contributed by atoms with E-state index < -0.39 is 5.50 Å². The topological polar surface area (TPSA) is 87.0 Å². The second-order valence-corrected chi connectivity index (χ2v) is 4.77. The lowest BCUT2D eigenvalue weighted by molar-refractivity contribution is -0.118. The van der Waals surface area contributed by atoms with Crippen molar-refractivity contribution in [2.75, 3.05) is 0 Å². The third kappa shape index (κ3) is 2.24. The fraction of sp³-hybridized carbons (Fsp3) is 0.167. The van der Waals surface area contributed by atoms with E-state index in [0.717, 1.165) is 16.9 Å². The monoisotopic (exact) mass is 275 g/mol.